The van der Waals surface area contributed by atoms with Gasteiger partial charge in [-0.1, -0.05) is 30.3 Å². The minimum Gasteiger partial charge on any atom is -0.382 e. The molecule has 0 unspecified atom stereocenters. The van der Waals surface area contributed by atoms with E-state index in [4.69, 9.17) is 14.5 Å². The Kier molecular flexibility index (Phi) is 8.77. The topological polar surface area (TPSA) is 54.9 Å². The monoisotopic (exact) mass is 347 g/mol. The van der Waals surface area contributed by atoms with Crippen LogP contribution in [0.4, 0.5) is 0 Å². The van der Waals surface area contributed by atoms with E-state index >= 15 is 0 Å². The lowest BCUT2D eigenvalue weighted by molar-refractivity contribution is 0.0531. The molecule has 1 fully saturated rings. The number of ether oxygens (including phenoxy) is 2. The number of aliphatic imine (C=N–C) groups is 1. The minimum atomic E-state index is 0.0766. The molecule has 0 atom stereocenters. The van der Waals surface area contributed by atoms with Crippen LogP contribution in [0, 0.1) is 0 Å². The zero-order chi connectivity index (χ0) is 17.8. The summed E-state index contributed by atoms with van der Waals surface area (Å²) in [6, 6.07) is 10.8. The van der Waals surface area contributed by atoms with Gasteiger partial charge in [0.05, 0.1) is 6.54 Å². The number of benzene rings is 1. The SMILES string of the molecule is CCNC(=NCC1(c2ccccc2)CCOCC1)NCCCOCC. The maximum atomic E-state index is 5.61. The van der Waals surface area contributed by atoms with Crippen LogP contribution in [0.5, 0.6) is 0 Å². The summed E-state index contributed by atoms with van der Waals surface area (Å²) in [6.45, 7) is 9.80. The molecule has 0 amide bonds. The zero-order valence-corrected chi connectivity index (χ0v) is 15.7. The van der Waals surface area contributed by atoms with Gasteiger partial charge in [0.15, 0.2) is 5.96 Å². The predicted octanol–water partition coefficient (Wildman–Crippen LogP) is 2.72. The second kappa shape index (κ2) is 11.1. The molecule has 0 bridgehead atoms. The molecule has 1 aliphatic heterocycles. The van der Waals surface area contributed by atoms with Crippen molar-refractivity contribution < 1.29 is 9.47 Å². The van der Waals surface area contributed by atoms with E-state index in [1.165, 1.54) is 5.56 Å². The first kappa shape index (κ1) is 19.7. The summed E-state index contributed by atoms with van der Waals surface area (Å²) < 4.78 is 11.0. The Hall–Kier alpha value is -1.59. The molecule has 1 heterocycles. The van der Waals surface area contributed by atoms with Crippen LogP contribution in [0.1, 0.15) is 38.7 Å². The predicted molar refractivity (Wildman–Crippen MR) is 103 cm³/mol. The van der Waals surface area contributed by atoms with E-state index in [-0.39, 0.29) is 5.41 Å². The molecule has 140 valence electrons. The van der Waals surface area contributed by atoms with Gasteiger partial charge in [-0.05, 0) is 38.7 Å². The van der Waals surface area contributed by atoms with E-state index in [2.05, 4.69) is 47.9 Å². The Morgan fingerprint density at radius 3 is 2.60 bits per heavy atom. The number of nitrogens with one attached hydrogen (secondary N) is 2. The molecule has 1 aliphatic rings. The van der Waals surface area contributed by atoms with Crippen molar-refractivity contribution in [2.75, 3.05) is 46.1 Å². The largest absolute Gasteiger partial charge is 0.382 e. The van der Waals surface area contributed by atoms with Gasteiger partial charge in [-0.25, -0.2) is 0 Å². The summed E-state index contributed by atoms with van der Waals surface area (Å²) in [5.41, 5.74) is 1.45. The van der Waals surface area contributed by atoms with Crippen LogP contribution < -0.4 is 10.6 Å². The van der Waals surface area contributed by atoms with E-state index in [0.717, 1.165) is 71.3 Å². The highest BCUT2D eigenvalue weighted by Gasteiger charge is 2.34. The van der Waals surface area contributed by atoms with Crippen molar-refractivity contribution in [2.24, 2.45) is 4.99 Å². The van der Waals surface area contributed by atoms with Crippen LogP contribution in [0.3, 0.4) is 0 Å². The van der Waals surface area contributed by atoms with Crippen molar-refractivity contribution in [3.05, 3.63) is 35.9 Å². The first-order chi connectivity index (χ1) is 12.3. The lowest BCUT2D eigenvalue weighted by atomic mass is 9.74. The zero-order valence-electron chi connectivity index (χ0n) is 15.7. The van der Waals surface area contributed by atoms with E-state index < -0.39 is 0 Å². The molecule has 0 spiro atoms. The third kappa shape index (κ3) is 6.33. The number of hydrogen-bond donors (Lipinski definition) is 2. The van der Waals surface area contributed by atoms with Crippen molar-refractivity contribution in [3.8, 4) is 0 Å². The molecule has 1 aromatic rings. The fraction of sp³-hybridized carbons (Fsp3) is 0.650. The third-order valence-corrected chi connectivity index (χ3v) is 4.68. The average molecular weight is 348 g/mol. The smallest absolute Gasteiger partial charge is 0.191 e. The van der Waals surface area contributed by atoms with Crippen LogP contribution in [0.15, 0.2) is 35.3 Å². The standard InChI is InChI=1S/C20H33N3O2/c1-3-21-19(22-13-8-14-24-4-2)23-17-20(11-15-25-16-12-20)18-9-6-5-7-10-18/h5-7,9-10H,3-4,8,11-17H2,1-2H3,(H2,21,22,23). The van der Waals surface area contributed by atoms with Crippen LogP contribution >= 0.6 is 0 Å². The Bertz CT molecular complexity index is 499. The van der Waals surface area contributed by atoms with E-state index in [1.807, 2.05) is 6.92 Å². The summed E-state index contributed by atoms with van der Waals surface area (Å²) in [6.07, 6.45) is 3.02. The van der Waals surface area contributed by atoms with Gasteiger partial charge < -0.3 is 20.1 Å². The van der Waals surface area contributed by atoms with E-state index in [1.54, 1.807) is 0 Å². The van der Waals surface area contributed by atoms with Crippen LogP contribution in [0.2, 0.25) is 0 Å². The highest BCUT2D eigenvalue weighted by Crippen LogP contribution is 2.35. The van der Waals surface area contributed by atoms with Gasteiger partial charge in [0.1, 0.15) is 0 Å². The quantitative estimate of drug-likeness (QED) is 0.410. The Morgan fingerprint density at radius 1 is 1.16 bits per heavy atom. The van der Waals surface area contributed by atoms with Crippen LogP contribution in [-0.4, -0.2) is 52.0 Å². The van der Waals surface area contributed by atoms with Gasteiger partial charge in [0, 0.05) is 44.9 Å². The maximum absolute atomic E-state index is 5.61. The molecule has 2 N–H and O–H groups in total. The van der Waals surface area contributed by atoms with Gasteiger partial charge in [0.2, 0.25) is 0 Å². The molecule has 0 aliphatic carbocycles. The first-order valence-corrected chi connectivity index (χ1v) is 9.54. The second-order valence-electron chi connectivity index (χ2n) is 6.43. The second-order valence-corrected chi connectivity index (χ2v) is 6.43. The van der Waals surface area contributed by atoms with Crippen molar-refractivity contribution in [1.29, 1.82) is 0 Å². The van der Waals surface area contributed by atoms with E-state index in [0.29, 0.717) is 0 Å². The van der Waals surface area contributed by atoms with Gasteiger partial charge in [-0.3, -0.25) is 4.99 Å². The number of nitrogens with zero attached hydrogens (tertiary/aromatic N) is 1. The summed E-state index contributed by atoms with van der Waals surface area (Å²) in [5.74, 6) is 0.890. The molecule has 0 aromatic heterocycles. The van der Waals surface area contributed by atoms with Crippen molar-refractivity contribution in [2.45, 2.75) is 38.5 Å². The van der Waals surface area contributed by atoms with Crippen LogP contribution in [0.25, 0.3) is 0 Å². The van der Waals surface area contributed by atoms with Crippen LogP contribution in [-0.2, 0) is 14.9 Å². The third-order valence-electron chi connectivity index (χ3n) is 4.68. The average Bonchev–Trinajstić information content (AvgIpc) is 2.67. The molecule has 5 nitrogen and oxygen atoms in total. The number of rotatable bonds is 9. The lowest BCUT2D eigenvalue weighted by Gasteiger charge is -2.36. The fourth-order valence-electron chi connectivity index (χ4n) is 3.19. The minimum absolute atomic E-state index is 0.0766. The molecule has 2 rings (SSSR count). The summed E-state index contributed by atoms with van der Waals surface area (Å²) in [4.78, 5) is 4.90. The van der Waals surface area contributed by atoms with E-state index in [9.17, 15) is 0 Å². The van der Waals surface area contributed by atoms with Crippen molar-refractivity contribution >= 4 is 5.96 Å². The summed E-state index contributed by atoms with van der Waals surface area (Å²) >= 11 is 0. The lowest BCUT2D eigenvalue weighted by Crippen LogP contribution is -2.41. The molecular weight excluding hydrogens is 314 g/mol. The molecule has 25 heavy (non-hydrogen) atoms. The molecule has 5 heteroatoms. The van der Waals surface area contributed by atoms with Gasteiger partial charge in [0.25, 0.3) is 0 Å². The Morgan fingerprint density at radius 2 is 1.92 bits per heavy atom. The molecule has 1 aromatic carbocycles. The number of guanidine groups is 1. The summed E-state index contributed by atoms with van der Waals surface area (Å²) in [5, 5.41) is 6.76. The highest BCUT2D eigenvalue weighted by molar-refractivity contribution is 5.79. The van der Waals surface area contributed by atoms with Crippen molar-refractivity contribution in [1.82, 2.24) is 10.6 Å². The van der Waals surface area contributed by atoms with Gasteiger partial charge >= 0.3 is 0 Å². The maximum Gasteiger partial charge on any atom is 0.191 e. The highest BCUT2D eigenvalue weighted by atomic mass is 16.5. The molecule has 1 saturated heterocycles. The van der Waals surface area contributed by atoms with Gasteiger partial charge in [-0.15, -0.1) is 0 Å². The molecule has 0 radical (unpaired) electrons. The summed E-state index contributed by atoms with van der Waals surface area (Å²) in [7, 11) is 0. The molecular formula is C20H33N3O2. The van der Waals surface area contributed by atoms with Crippen molar-refractivity contribution in [3.63, 3.8) is 0 Å². The number of hydrogen-bond acceptors (Lipinski definition) is 3. The molecule has 0 saturated carbocycles. The normalized spacial score (nSPS) is 17.3. The Balaban J connectivity index is 2.01. The first-order valence-electron chi connectivity index (χ1n) is 9.54. The van der Waals surface area contributed by atoms with Gasteiger partial charge in [-0.2, -0.15) is 0 Å². The Labute approximate surface area is 152 Å². The fourth-order valence-corrected chi connectivity index (χ4v) is 3.19.